The molecule has 1 saturated carbocycles. The highest BCUT2D eigenvalue weighted by Gasteiger charge is 2.45. The molecular formula is C20H24N4O2. The lowest BCUT2D eigenvalue weighted by molar-refractivity contribution is -0.00541. The zero-order chi connectivity index (χ0) is 18.1. The topological polar surface area (TPSA) is 79.2 Å². The maximum atomic E-state index is 13.1. The van der Waals surface area contributed by atoms with Crippen molar-refractivity contribution in [1.29, 1.82) is 0 Å². The first kappa shape index (κ1) is 17.1. The minimum absolute atomic E-state index is 0.0292. The number of aryl methyl sites for hydroxylation is 1. The number of nitrogens with zero attached hydrogens (tertiary/aromatic N) is 4. The van der Waals surface area contributed by atoms with E-state index in [0.717, 1.165) is 44.2 Å². The van der Waals surface area contributed by atoms with Crippen molar-refractivity contribution in [3.63, 3.8) is 0 Å². The summed E-state index contributed by atoms with van der Waals surface area (Å²) >= 11 is 0. The summed E-state index contributed by atoms with van der Waals surface area (Å²) in [6, 6.07) is 3.74. The molecule has 6 nitrogen and oxygen atoms in total. The Hall–Kier alpha value is -2.34. The maximum Gasteiger partial charge on any atom is 0.257 e. The number of aromatic nitrogens is 3. The first-order valence-corrected chi connectivity index (χ1v) is 9.30. The number of likely N-dealkylation sites (tertiary alicyclic amines) is 1. The third-order valence-corrected chi connectivity index (χ3v) is 5.88. The van der Waals surface area contributed by atoms with E-state index in [1.165, 1.54) is 0 Å². The van der Waals surface area contributed by atoms with E-state index in [4.69, 9.17) is 0 Å². The van der Waals surface area contributed by atoms with E-state index in [0.29, 0.717) is 23.6 Å². The monoisotopic (exact) mass is 352 g/mol. The van der Waals surface area contributed by atoms with Crippen LogP contribution in [0.15, 0.2) is 30.7 Å². The van der Waals surface area contributed by atoms with Crippen LogP contribution in [0.4, 0.5) is 0 Å². The van der Waals surface area contributed by atoms with Crippen molar-refractivity contribution in [1.82, 2.24) is 19.9 Å². The molecule has 1 aliphatic heterocycles. The second-order valence-electron chi connectivity index (χ2n) is 7.54. The second kappa shape index (κ2) is 6.76. The highest BCUT2D eigenvalue weighted by Crippen LogP contribution is 2.45. The van der Waals surface area contributed by atoms with Crippen LogP contribution in [0.2, 0.25) is 0 Å². The number of amides is 1. The largest absolute Gasteiger partial charge is 0.392 e. The standard InChI is InChI=1S/C20H24N4O2/c1-14-16(12-22-18(23-14)15-5-3-9-21-11-15)19(26)24-10-4-8-20(13-24)7-2-6-17(20)25/h3,5,9,11-12,17,25H,2,4,6-8,10,13H2,1H3/t17-,20-/m1/s1. The molecule has 6 heteroatoms. The molecule has 1 N–H and O–H groups in total. The Labute approximate surface area is 153 Å². The van der Waals surface area contributed by atoms with Crippen molar-refractivity contribution in [3.05, 3.63) is 42.0 Å². The molecular weight excluding hydrogens is 328 g/mol. The number of pyridine rings is 1. The lowest BCUT2D eigenvalue weighted by Crippen LogP contribution is -2.49. The molecule has 136 valence electrons. The fourth-order valence-corrected chi connectivity index (χ4v) is 4.41. The van der Waals surface area contributed by atoms with Crippen LogP contribution in [0.3, 0.4) is 0 Å². The van der Waals surface area contributed by atoms with Crippen molar-refractivity contribution in [2.75, 3.05) is 13.1 Å². The minimum Gasteiger partial charge on any atom is -0.392 e. The molecule has 0 radical (unpaired) electrons. The third kappa shape index (κ3) is 2.98. The van der Waals surface area contributed by atoms with Gasteiger partial charge in [-0.05, 0) is 44.7 Å². The van der Waals surface area contributed by atoms with Gasteiger partial charge in [0.15, 0.2) is 5.82 Å². The number of aliphatic hydroxyl groups is 1. The SMILES string of the molecule is Cc1nc(-c2cccnc2)ncc1C(=O)N1CCC[C@]2(CCC[C@H]2O)C1. The van der Waals surface area contributed by atoms with Gasteiger partial charge in [0.25, 0.3) is 5.91 Å². The molecule has 1 amide bonds. The van der Waals surface area contributed by atoms with Crippen LogP contribution < -0.4 is 0 Å². The van der Waals surface area contributed by atoms with E-state index in [9.17, 15) is 9.90 Å². The maximum absolute atomic E-state index is 13.1. The first-order valence-electron chi connectivity index (χ1n) is 9.30. The average molecular weight is 352 g/mol. The predicted octanol–water partition coefficient (Wildman–Crippen LogP) is 2.61. The highest BCUT2D eigenvalue weighted by atomic mass is 16.3. The molecule has 1 aliphatic carbocycles. The van der Waals surface area contributed by atoms with E-state index in [2.05, 4.69) is 15.0 Å². The van der Waals surface area contributed by atoms with Gasteiger partial charge in [0, 0.05) is 42.7 Å². The molecule has 0 unspecified atom stereocenters. The van der Waals surface area contributed by atoms with Crippen molar-refractivity contribution in [3.8, 4) is 11.4 Å². The number of hydrogen-bond acceptors (Lipinski definition) is 5. The van der Waals surface area contributed by atoms with E-state index in [1.807, 2.05) is 24.0 Å². The van der Waals surface area contributed by atoms with Crippen molar-refractivity contribution < 1.29 is 9.90 Å². The molecule has 2 atom stereocenters. The number of piperidine rings is 1. The van der Waals surface area contributed by atoms with Crippen LogP contribution >= 0.6 is 0 Å². The lowest BCUT2D eigenvalue weighted by atomic mass is 9.76. The Morgan fingerprint density at radius 2 is 2.15 bits per heavy atom. The Morgan fingerprint density at radius 1 is 1.31 bits per heavy atom. The zero-order valence-corrected chi connectivity index (χ0v) is 15.1. The van der Waals surface area contributed by atoms with E-state index in [-0.39, 0.29) is 17.4 Å². The molecule has 2 aromatic heterocycles. The van der Waals surface area contributed by atoms with Gasteiger partial charge >= 0.3 is 0 Å². The molecule has 2 aromatic rings. The van der Waals surface area contributed by atoms with Gasteiger partial charge < -0.3 is 10.0 Å². The summed E-state index contributed by atoms with van der Waals surface area (Å²) in [6.45, 7) is 3.22. The van der Waals surface area contributed by atoms with Gasteiger partial charge in [-0.2, -0.15) is 0 Å². The van der Waals surface area contributed by atoms with E-state index >= 15 is 0 Å². The van der Waals surface area contributed by atoms with Crippen molar-refractivity contribution in [2.24, 2.45) is 5.41 Å². The quantitative estimate of drug-likeness (QED) is 0.899. The molecule has 2 aliphatic rings. The first-order chi connectivity index (χ1) is 12.6. The molecule has 0 aromatic carbocycles. The predicted molar refractivity (Wildman–Crippen MR) is 97.4 cm³/mol. The third-order valence-electron chi connectivity index (χ3n) is 5.88. The van der Waals surface area contributed by atoms with Crippen molar-refractivity contribution in [2.45, 2.75) is 45.1 Å². The Bertz CT molecular complexity index is 811. The van der Waals surface area contributed by atoms with Gasteiger partial charge in [-0.1, -0.05) is 6.42 Å². The highest BCUT2D eigenvalue weighted by molar-refractivity contribution is 5.95. The van der Waals surface area contributed by atoms with Gasteiger partial charge in [-0.3, -0.25) is 9.78 Å². The summed E-state index contributed by atoms with van der Waals surface area (Å²) in [5, 5.41) is 10.4. The van der Waals surface area contributed by atoms with Gasteiger partial charge in [-0.15, -0.1) is 0 Å². The fourth-order valence-electron chi connectivity index (χ4n) is 4.41. The fraction of sp³-hybridized carbons (Fsp3) is 0.500. The Morgan fingerprint density at radius 3 is 2.85 bits per heavy atom. The summed E-state index contributed by atoms with van der Waals surface area (Å²) in [5.41, 5.74) is 1.94. The summed E-state index contributed by atoms with van der Waals surface area (Å²) < 4.78 is 0. The summed E-state index contributed by atoms with van der Waals surface area (Å²) in [5.74, 6) is 0.548. The average Bonchev–Trinajstić information content (AvgIpc) is 3.01. The van der Waals surface area contributed by atoms with Crippen LogP contribution in [0, 0.1) is 12.3 Å². The number of rotatable bonds is 2. The minimum atomic E-state index is -0.289. The molecule has 4 rings (SSSR count). The molecule has 1 saturated heterocycles. The van der Waals surface area contributed by atoms with Crippen LogP contribution in [0.5, 0.6) is 0 Å². The molecule has 0 bridgehead atoms. The van der Waals surface area contributed by atoms with Gasteiger partial charge in [0.05, 0.1) is 17.4 Å². The van der Waals surface area contributed by atoms with Crippen molar-refractivity contribution >= 4 is 5.91 Å². The number of carbonyl (C=O) groups excluding carboxylic acids is 1. The lowest BCUT2D eigenvalue weighted by Gasteiger charge is -2.42. The number of aliphatic hydroxyl groups excluding tert-OH is 1. The van der Waals surface area contributed by atoms with E-state index < -0.39 is 0 Å². The summed E-state index contributed by atoms with van der Waals surface area (Å²) in [4.78, 5) is 27.9. The summed E-state index contributed by atoms with van der Waals surface area (Å²) in [7, 11) is 0. The molecule has 1 spiro atoms. The summed E-state index contributed by atoms with van der Waals surface area (Å²) in [6.07, 6.45) is 9.61. The zero-order valence-electron chi connectivity index (χ0n) is 15.1. The smallest absolute Gasteiger partial charge is 0.257 e. The van der Waals surface area contributed by atoms with Crippen LogP contribution in [-0.4, -0.2) is 50.1 Å². The Kier molecular flexibility index (Phi) is 4.44. The van der Waals surface area contributed by atoms with Crippen LogP contribution in [0.25, 0.3) is 11.4 Å². The van der Waals surface area contributed by atoms with Gasteiger partial charge in [0.1, 0.15) is 0 Å². The van der Waals surface area contributed by atoms with Gasteiger partial charge in [-0.25, -0.2) is 9.97 Å². The molecule has 3 heterocycles. The number of hydrogen-bond donors (Lipinski definition) is 1. The normalized spacial score (nSPS) is 25.6. The van der Waals surface area contributed by atoms with Gasteiger partial charge in [0.2, 0.25) is 0 Å². The molecule has 2 fully saturated rings. The Balaban J connectivity index is 1.56. The second-order valence-corrected chi connectivity index (χ2v) is 7.54. The van der Waals surface area contributed by atoms with E-state index in [1.54, 1.807) is 18.6 Å². The van der Waals surface area contributed by atoms with Crippen LogP contribution in [0.1, 0.15) is 48.2 Å². The molecule has 26 heavy (non-hydrogen) atoms. The van der Waals surface area contributed by atoms with Crippen LogP contribution in [-0.2, 0) is 0 Å². The number of carbonyl (C=O) groups is 1.